The van der Waals surface area contributed by atoms with E-state index in [2.05, 4.69) is 34.3 Å². The highest BCUT2D eigenvalue weighted by Gasteiger charge is 2.12. The van der Waals surface area contributed by atoms with Crippen molar-refractivity contribution in [1.29, 1.82) is 0 Å². The van der Waals surface area contributed by atoms with Crippen LogP contribution >= 0.6 is 0 Å². The molecule has 0 saturated carbocycles. The summed E-state index contributed by atoms with van der Waals surface area (Å²) in [7, 11) is 5.85. The summed E-state index contributed by atoms with van der Waals surface area (Å²) in [5.74, 6) is -0.0343. The smallest absolute Gasteiger partial charge is 0.246 e. The first kappa shape index (κ1) is 20.4. The number of likely N-dealkylation sites (N-methyl/N-ethyl adjacent to an activating group) is 1. The Labute approximate surface area is 172 Å². The van der Waals surface area contributed by atoms with Crippen molar-refractivity contribution >= 4 is 17.7 Å². The number of carbonyl (C=O) groups is 1. The maximum atomic E-state index is 12.6. The first-order chi connectivity index (χ1) is 13.9. The molecular formula is C24H28N4O. The lowest BCUT2D eigenvalue weighted by Crippen LogP contribution is -2.24. The number of aryl methyl sites for hydroxylation is 1. The SMILES string of the molecule is Cc1nn(-c2ccccc2)c(C)c1/C=C/C(=O)N(C)Cc1ccc(N(C)C)cc1. The summed E-state index contributed by atoms with van der Waals surface area (Å²) < 4.78 is 1.91. The summed E-state index contributed by atoms with van der Waals surface area (Å²) in [6, 6.07) is 18.2. The molecule has 3 aromatic rings. The molecule has 0 bridgehead atoms. The molecule has 0 aliphatic heterocycles. The highest BCUT2D eigenvalue weighted by Crippen LogP contribution is 2.19. The number of aromatic nitrogens is 2. The number of hydrogen-bond donors (Lipinski definition) is 0. The van der Waals surface area contributed by atoms with E-state index >= 15 is 0 Å². The maximum absolute atomic E-state index is 12.6. The largest absolute Gasteiger partial charge is 0.378 e. The fourth-order valence-corrected chi connectivity index (χ4v) is 3.25. The number of amides is 1. The first-order valence-electron chi connectivity index (χ1n) is 9.68. The molecule has 0 saturated heterocycles. The summed E-state index contributed by atoms with van der Waals surface area (Å²) in [6.45, 7) is 4.55. The number of carbonyl (C=O) groups excluding carboxylic acids is 1. The molecule has 1 amide bonds. The highest BCUT2D eigenvalue weighted by atomic mass is 16.2. The Bertz CT molecular complexity index is 1000. The van der Waals surface area contributed by atoms with Crippen molar-refractivity contribution in [3.63, 3.8) is 0 Å². The van der Waals surface area contributed by atoms with Crippen molar-refractivity contribution in [2.45, 2.75) is 20.4 Å². The molecule has 0 unspecified atom stereocenters. The zero-order valence-electron chi connectivity index (χ0n) is 17.8. The maximum Gasteiger partial charge on any atom is 0.246 e. The van der Waals surface area contributed by atoms with Gasteiger partial charge < -0.3 is 9.80 Å². The predicted octanol–water partition coefficient (Wildman–Crippen LogP) is 4.23. The second-order valence-corrected chi connectivity index (χ2v) is 7.42. The molecule has 0 spiro atoms. The van der Waals surface area contributed by atoms with Gasteiger partial charge in [-0.3, -0.25) is 4.79 Å². The van der Waals surface area contributed by atoms with Crippen molar-refractivity contribution in [2.75, 3.05) is 26.0 Å². The van der Waals surface area contributed by atoms with Gasteiger partial charge in [0.2, 0.25) is 5.91 Å². The van der Waals surface area contributed by atoms with Crippen molar-refractivity contribution in [1.82, 2.24) is 14.7 Å². The molecule has 5 heteroatoms. The van der Waals surface area contributed by atoms with Gasteiger partial charge in [-0.15, -0.1) is 0 Å². The molecule has 2 aromatic carbocycles. The molecule has 0 fully saturated rings. The van der Waals surface area contributed by atoms with Crippen LogP contribution in [-0.4, -0.2) is 41.7 Å². The van der Waals surface area contributed by atoms with Gasteiger partial charge >= 0.3 is 0 Å². The number of para-hydroxylation sites is 1. The average molecular weight is 389 g/mol. The Kier molecular flexibility index (Phi) is 6.17. The van der Waals surface area contributed by atoms with Crippen molar-refractivity contribution in [3.05, 3.63) is 83.2 Å². The number of rotatable bonds is 6. The van der Waals surface area contributed by atoms with Gasteiger partial charge in [0.1, 0.15) is 0 Å². The number of anilines is 1. The Morgan fingerprint density at radius 3 is 2.28 bits per heavy atom. The Balaban J connectivity index is 1.71. The molecule has 3 rings (SSSR count). The minimum atomic E-state index is -0.0343. The molecular weight excluding hydrogens is 360 g/mol. The molecule has 1 aromatic heterocycles. The third kappa shape index (κ3) is 4.74. The predicted molar refractivity (Wildman–Crippen MR) is 119 cm³/mol. The zero-order valence-corrected chi connectivity index (χ0v) is 17.8. The second kappa shape index (κ2) is 8.78. The zero-order chi connectivity index (χ0) is 21.0. The fourth-order valence-electron chi connectivity index (χ4n) is 3.25. The molecule has 0 atom stereocenters. The van der Waals surface area contributed by atoms with Crippen LogP contribution in [0.25, 0.3) is 11.8 Å². The molecule has 0 aliphatic carbocycles. The van der Waals surface area contributed by atoms with Gasteiger partial charge in [0.15, 0.2) is 0 Å². The van der Waals surface area contributed by atoms with Crippen LogP contribution in [0.1, 0.15) is 22.5 Å². The van der Waals surface area contributed by atoms with E-state index < -0.39 is 0 Å². The van der Waals surface area contributed by atoms with E-state index in [1.54, 1.807) is 11.0 Å². The Hall–Kier alpha value is -3.34. The van der Waals surface area contributed by atoms with Crippen molar-refractivity contribution < 1.29 is 4.79 Å². The summed E-state index contributed by atoms with van der Waals surface area (Å²) in [6.07, 6.45) is 3.49. The number of hydrogen-bond acceptors (Lipinski definition) is 3. The third-order valence-corrected chi connectivity index (χ3v) is 4.99. The molecule has 1 heterocycles. The van der Waals surface area contributed by atoms with Crippen molar-refractivity contribution in [3.8, 4) is 5.69 Å². The summed E-state index contributed by atoms with van der Waals surface area (Å²) in [5, 5.41) is 4.63. The molecule has 0 radical (unpaired) electrons. The second-order valence-electron chi connectivity index (χ2n) is 7.42. The van der Waals surface area contributed by atoms with E-state index in [1.165, 1.54) is 0 Å². The standard InChI is InChI=1S/C24H28N4O/c1-18-23(19(2)28(25-18)22-9-7-6-8-10-22)15-16-24(29)27(5)17-20-11-13-21(14-12-20)26(3)4/h6-16H,17H2,1-5H3/b16-15+. The topological polar surface area (TPSA) is 41.4 Å². The lowest BCUT2D eigenvalue weighted by Gasteiger charge is -2.17. The van der Waals surface area contributed by atoms with Crippen LogP contribution in [0.4, 0.5) is 5.69 Å². The van der Waals surface area contributed by atoms with Gasteiger partial charge in [0.25, 0.3) is 0 Å². The average Bonchev–Trinajstić information content (AvgIpc) is 3.00. The quantitative estimate of drug-likeness (QED) is 0.594. The third-order valence-electron chi connectivity index (χ3n) is 4.99. The summed E-state index contributed by atoms with van der Waals surface area (Å²) in [5.41, 5.74) is 6.15. The van der Waals surface area contributed by atoms with E-state index in [0.717, 1.165) is 33.9 Å². The lowest BCUT2D eigenvalue weighted by atomic mass is 10.1. The molecule has 0 aliphatic rings. The van der Waals surface area contributed by atoms with E-state index in [1.807, 2.05) is 76.1 Å². The minimum Gasteiger partial charge on any atom is -0.378 e. The number of benzene rings is 2. The van der Waals surface area contributed by atoms with E-state index in [4.69, 9.17) is 0 Å². The summed E-state index contributed by atoms with van der Waals surface area (Å²) in [4.78, 5) is 16.4. The number of nitrogens with zero attached hydrogens (tertiary/aromatic N) is 4. The van der Waals surface area contributed by atoms with Crippen LogP contribution in [-0.2, 0) is 11.3 Å². The molecule has 29 heavy (non-hydrogen) atoms. The van der Waals surface area contributed by atoms with Gasteiger partial charge in [0, 0.05) is 50.7 Å². The van der Waals surface area contributed by atoms with Gasteiger partial charge in [-0.1, -0.05) is 30.3 Å². The van der Waals surface area contributed by atoms with Gasteiger partial charge in [-0.05, 0) is 49.8 Å². The van der Waals surface area contributed by atoms with E-state index in [-0.39, 0.29) is 5.91 Å². The van der Waals surface area contributed by atoms with Gasteiger partial charge in [-0.25, -0.2) is 4.68 Å². The molecule has 150 valence electrons. The minimum absolute atomic E-state index is 0.0343. The van der Waals surface area contributed by atoms with Crippen molar-refractivity contribution in [2.24, 2.45) is 0 Å². The fraction of sp³-hybridized carbons (Fsp3) is 0.250. The Morgan fingerprint density at radius 2 is 1.66 bits per heavy atom. The first-order valence-corrected chi connectivity index (χ1v) is 9.68. The monoisotopic (exact) mass is 388 g/mol. The van der Waals surface area contributed by atoms with E-state index in [0.29, 0.717) is 6.54 Å². The van der Waals surface area contributed by atoms with Crippen LogP contribution in [0, 0.1) is 13.8 Å². The van der Waals surface area contributed by atoms with Crippen LogP contribution in [0.3, 0.4) is 0 Å². The van der Waals surface area contributed by atoms with Gasteiger partial charge in [0.05, 0.1) is 11.4 Å². The van der Waals surface area contributed by atoms with Crippen LogP contribution in [0.5, 0.6) is 0 Å². The normalized spacial score (nSPS) is 11.1. The van der Waals surface area contributed by atoms with Crippen LogP contribution in [0.2, 0.25) is 0 Å². The van der Waals surface area contributed by atoms with E-state index in [9.17, 15) is 4.79 Å². The van der Waals surface area contributed by atoms with Crippen LogP contribution in [0.15, 0.2) is 60.7 Å². The Morgan fingerprint density at radius 1 is 1.00 bits per heavy atom. The lowest BCUT2D eigenvalue weighted by molar-refractivity contribution is -0.125. The van der Waals surface area contributed by atoms with Crippen LogP contribution < -0.4 is 4.90 Å². The molecule has 0 N–H and O–H groups in total. The highest BCUT2D eigenvalue weighted by molar-refractivity contribution is 5.91. The summed E-state index contributed by atoms with van der Waals surface area (Å²) >= 11 is 0. The molecule has 5 nitrogen and oxygen atoms in total. The van der Waals surface area contributed by atoms with Gasteiger partial charge in [-0.2, -0.15) is 5.10 Å².